The monoisotopic (exact) mass is 329 g/mol. The van der Waals surface area contributed by atoms with Gasteiger partial charge in [0.2, 0.25) is 0 Å². The molecule has 1 atom stereocenters. The minimum Gasteiger partial charge on any atom is -0.599 e. The zero-order chi connectivity index (χ0) is 17.1. The van der Waals surface area contributed by atoms with E-state index in [2.05, 4.69) is 6.58 Å². The zero-order valence-corrected chi connectivity index (χ0v) is 13.1. The van der Waals surface area contributed by atoms with Gasteiger partial charge in [0.25, 0.3) is 0 Å². The van der Waals surface area contributed by atoms with Gasteiger partial charge in [0.1, 0.15) is 5.82 Å². The first-order valence-electron chi connectivity index (χ1n) is 7.76. The van der Waals surface area contributed by atoms with E-state index in [-0.39, 0.29) is 11.4 Å². The normalized spacial score (nSPS) is 23.2. The first-order valence-corrected chi connectivity index (χ1v) is 7.76. The van der Waals surface area contributed by atoms with E-state index in [1.54, 1.807) is 24.3 Å². The van der Waals surface area contributed by atoms with Crippen LogP contribution in [0.15, 0.2) is 55.1 Å². The van der Waals surface area contributed by atoms with E-state index in [0.717, 1.165) is 4.49 Å². The van der Waals surface area contributed by atoms with Crippen molar-refractivity contribution >= 4 is 18.4 Å². The van der Waals surface area contributed by atoms with Gasteiger partial charge in [-0.25, -0.2) is 4.39 Å². The smallest absolute Gasteiger partial charge is 0.599 e. The molecule has 2 heterocycles. The Bertz CT molecular complexity index is 909. The van der Waals surface area contributed by atoms with Crippen molar-refractivity contribution in [3.8, 4) is 5.75 Å². The molecule has 6 heteroatoms. The Labute approximate surface area is 138 Å². The maximum Gasteiger partial charge on any atom is 0.834 e. The van der Waals surface area contributed by atoms with Crippen LogP contribution in [-0.2, 0) is 5.41 Å². The Morgan fingerprint density at radius 2 is 2.00 bits per heavy atom. The van der Waals surface area contributed by atoms with E-state index < -0.39 is 18.3 Å². The fraction of sp³-hybridized carbons (Fsp3) is 0.167. The molecule has 24 heavy (non-hydrogen) atoms. The van der Waals surface area contributed by atoms with Crippen LogP contribution in [-0.4, -0.2) is 17.2 Å². The number of fused-ring (bicyclic) bond motifs is 4. The lowest BCUT2D eigenvalue weighted by Gasteiger charge is -2.32. The Morgan fingerprint density at radius 3 is 2.75 bits per heavy atom. The molecule has 4 rings (SSSR count). The molecule has 0 N–H and O–H groups in total. The topological polar surface area (TPSA) is 12.2 Å². The Morgan fingerprint density at radius 1 is 1.25 bits per heavy atom. The van der Waals surface area contributed by atoms with E-state index in [1.807, 2.05) is 6.92 Å². The van der Waals surface area contributed by atoms with Crippen molar-refractivity contribution in [1.82, 2.24) is 0 Å². The maximum absolute atomic E-state index is 14.8. The molecule has 2 aliphatic heterocycles. The predicted octanol–water partition coefficient (Wildman–Crippen LogP) is 4.57. The predicted molar refractivity (Wildman–Crippen MR) is 87.6 cm³/mol. The summed E-state index contributed by atoms with van der Waals surface area (Å²) in [6.45, 7) is 5.60. The van der Waals surface area contributed by atoms with E-state index in [1.165, 1.54) is 24.3 Å². The third kappa shape index (κ3) is 1.82. The van der Waals surface area contributed by atoms with Crippen LogP contribution in [0.5, 0.6) is 5.75 Å². The Kier molecular flexibility index (Phi) is 2.98. The van der Waals surface area contributed by atoms with Gasteiger partial charge in [-0.05, 0) is 37.6 Å². The minimum atomic E-state index is -4.30. The van der Waals surface area contributed by atoms with Gasteiger partial charge in [0.05, 0.1) is 16.7 Å². The number of benzene rings is 2. The summed E-state index contributed by atoms with van der Waals surface area (Å²) in [5, 5.41) is 0. The number of nitrogens with zero attached hydrogens (tertiary/aromatic N) is 1. The number of allylic oxidation sites excluding steroid dienone is 1. The molecule has 122 valence electrons. The van der Waals surface area contributed by atoms with Crippen LogP contribution in [0, 0.1) is 5.82 Å². The van der Waals surface area contributed by atoms with Crippen LogP contribution in [0.25, 0.3) is 0 Å². The number of hydrogen-bond acceptors (Lipinski definition) is 1. The molecular weight excluding hydrogens is 314 g/mol. The van der Waals surface area contributed by atoms with Gasteiger partial charge in [0.15, 0.2) is 11.4 Å². The van der Waals surface area contributed by atoms with Gasteiger partial charge < -0.3 is 17.8 Å². The molecule has 2 nitrogen and oxygen atoms in total. The molecule has 0 radical (unpaired) electrons. The van der Waals surface area contributed by atoms with Crippen LogP contribution in [0.1, 0.15) is 24.5 Å². The Balaban J connectivity index is 2.11. The second kappa shape index (κ2) is 4.75. The van der Waals surface area contributed by atoms with Crippen LogP contribution in [0.2, 0.25) is 0 Å². The van der Waals surface area contributed by atoms with Gasteiger partial charge >= 0.3 is 7.04 Å². The van der Waals surface area contributed by atoms with Gasteiger partial charge in [0, 0.05) is 11.6 Å². The van der Waals surface area contributed by atoms with Crippen LogP contribution in [0.4, 0.5) is 18.7 Å². The summed E-state index contributed by atoms with van der Waals surface area (Å²) in [4.78, 5) is 0. The molecule has 0 saturated carbocycles. The largest absolute Gasteiger partial charge is 0.834 e. The summed E-state index contributed by atoms with van der Waals surface area (Å²) in [6.07, 6.45) is 2.09. The molecular formula is C18H15BF3NO. The van der Waals surface area contributed by atoms with E-state index in [0.29, 0.717) is 23.3 Å². The summed E-state index contributed by atoms with van der Waals surface area (Å²) < 4.78 is 49.4. The van der Waals surface area contributed by atoms with Crippen molar-refractivity contribution in [3.05, 3.63) is 72.1 Å². The fourth-order valence-electron chi connectivity index (χ4n) is 3.88. The highest BCUT2D eigenvalue weighted by Gasteiger charge is 2.61. The number of para-hydroxylation sites is 1. The van der Waals surface area contributed by atoms with Crippen molar-refractivity contribution in [1.29, 1.82) is 0 Å². The highest BCUT2D eigenvalue weighted by molar-refractivity contribution is 6.54. The molecule has 0 aliphatic carbocycles. The van der Waals surface area contributed by atoms with Gasteiger partial charge in [-0.2, -0.15) is 0 Å². The molecule has 0 saturated heterocycles. The Hall–Kier alpha value is -2.50. The van der Waals surface area contributed by atoms with Crippen molar-refractivity contribution < 1.29 is 22.2 Å². The van der Waals surface area contributed by atoms with Gasteiger partial charge in [-0.3, -0.25) is 0 Å². The van der Waals surface area contributed by atoms with E-state index in [9.17, 15) is 13.0 Å². The average Bonchev–Trinajstić information content (AvgIpc) is 2.78. The lowest BCUT2D eigenvalue weighted by molar-refractivity contribution is -0.346. The molecule has 2 aromatic carbocycles. The third-order valence-electron chi connectivity index (χ3n) is 4.84. The molecule has 0 aromatic heterocycles. The molecule has 0 amide bonds. The lowest BCUT2D eigenvalue weighted by atomic mass is 9.74. The van der Waals surface area contributed by atoms with Crippen molar-refractivity contribution in [2.45, 2.75) is 18.8 Å². The second-order valence-electron chi connectivity index (χ2n) is 6.38. The summed E-state index contributed by atoms with van der Waals surface area (Å²) in [6, 6.07) is 10.7. The van der Waals surface area contributed by atoms with Gasteiger partial charge in [-0.1, -0.05) is 18.2 Å². The van der Waals surface area contributed by atoms with Crippen molar-refractivity contribution in [2.24, 2.45) is 0 Å². The lowest BCUT2D eigenvalue weighted by Crippen LogP contribution is -2.50. The SMILES string of the molecule is C=CCC1(C)C2=[N+](c3ccc(F)cc31)[B-](F)(F)Oc1ccccc12. The van der Waals surface area contributed by atoms with E-state index >= 15 is 0 Å². The highest BCUT2D eigenvalue weighted by Crippen LogP contribution is 2.50. The number of hydrogen-bond donors (Lipinski definition) is 0. The zero-order valence-electron chi connectivity index (χ0n) is 13.1. The highest BCUT2D eigenvalue weighted by atomic mass is 19.3. The first kappa shape index (κ1) is 15.1. The summed E-state index contributed by atoms with van der Waals surface area (Å²) in [5.41, 5.74) is 1.06. The van der Waals surface area contributed by atoms with Crippen LogP contribution in [0.3, 0.4) is 0 Å². The summed E-state index contributed by atoms with van der Waals surface area (Å²) in [5.74, 6) is -0.299. The molecule has 0 bridgehead atoms. The molecule has 2 aliphatic rings. The minimum absolute atomic E-state index is 0.150. The maximum atomic E-state index is 14.8. The molecule has 0 spiro atoms. The molecule has 2 aromatic rings. The fourth-order valence-corrected chi connectivity index (χ4v) is 3.88. The molecule has 0 fully saturated rings. The van der Waals surface area contributed by atoms with Crippen molar-refractivity contribution in [3.63, 3.8) is 0 Å². The third-order valence-corrected chi connectivity index (χ3v) is 4.84. The average molecular weight is 329 g/mol. The number of rotatable bonds is 2. The first-order chi connectivity index (χ1) is 11.4. The molecule has 1 unspecified atom stereocenters. The summed E-state index contributed by atoms with van der Waals surface area (Å²) >= 11 is 0. The van der Waals surface area contributed by atoms with Crippen LogP contribution < -0.4 is 4.65 Å². The van der Waals surface area contributed by atoms with E-state index in [4.69, 9.17) is 4.65 Å². The second-order valence-corrected chi connectivity index (χ2v) is 6.38. The van der Waals surface area contributed by atoms with Crippen LogP contribution >= 0.6 is 0 Å². The summed E-state index contributed by atoms with van der Waals surface area (Å²) in [7, 11) is -4.30. The standard InChI is InChI=1S/C18H15BF3NO/c1-3-10-18(2)14-11-12(20)8-9-15(14)23-17(18)13-6-4-5-7-16(13)24-19(23,21)22/h3-9,11H,1,10H2,2H3. The number of halogens is 3. The van der Waals surface area contributed by atoms with Crippen molar-refractivity contribution in [2.75, 3.05) is 0 Å². The van der Waals surface area contributed by atoms with Gasteiger partial charge in [-0.15, -0.1) is 6.58 Å². The quantitative estimate of drug-likeness (QED) is 0.581.